The van der Waals surface area contributed by atoms with Gasteiger partial charge >= 0.3 is 6.09 Å². The van der Waals surface area contributed by atoms with E-state index in [4.69, 9.17) is 4.74 Å². The van der Waals surface area contributed by atoms with Gasteiger partial charge in [-0.2, -0.15) is 0 Å². The molecule has 0 radical (unpaired) electrons. The van der Waals surface area contributed by atoms with E-state index in [1.54, 1.807) is 71.9 Å². The lowest BCUT2D eigenvalue weighted by atomic mass is 9.97. The number of hydrogen-bond acceptors (Lipinski definition) is 6. The molecular formula is C36H41N3O6. The number of carbonyl (C=O) groups is 3. The number of phenols is 2. The Morgan fingerprint density at radius 2 is 1.53 bits per heavy atom. The van der Waals surface area contributed by atoms with Crippen LogP contribution >= 0.6 is 0 Å². The largest absolute Gasteiger partial charge is 0.508 e. The summed E-state index contributed by atoms with van der Waals surface area (Å²) >= 11 is 0. The van der Waals surface area contributed by atoms with E-state index < -0.39 is 41.6 Å². The standard InChI is InChI=1S/C36H41N3O6/c1-22(2)39(34(43)30(38-35(44)45-36(4,5)6)20-24-11-16-29(40)17-12-24)32(27-14-18-31(41)23(3)19-27)33(42)37-28-15-13-25-9-7-8-10-26(25)21-28/h7-19,21-22,30,32,40-41H,20H2,1-6H3,(H,37,42)(H,38,44). The lowest BCUT2D eigenvalue weighted by Crippen LogP contribution is -2.55. The molecule has 0 aliphatic heterocycles. The highest BCUT2D eigenvalue weighted by atomic mass is 16.6. The Morgan fingerprint density at radius 1 is 0.867 bits per heavy atom. The van der Waals surface area contributed by atoms with Gasteiger partial charge in [-0.05, 0) is 105 Å². The lowest BCUT2D eigenvalue weighted by Gasteiger charge is -2.37. The van der Waals surface area contributed by atoms with Gasteiger partial charge in [0.2, 0.25) is 5.91 Å². The van der Waals surface area contributed by atoms with Crippen LogP contribution in [0.25, 0.3) is 10.8 Å². The van der Waals surface area contributed by atoms with Gasteiger partial charge in [-0.15, -0.1) is 0 Å². The minimum absolute atomic E-state index is 0.0617. The lowest BCUT2D eigenvalue weighted by molar-refractivity contribution is -0.142. The first-order chi connectivity index (χ1) is 21.2. The van der Waals surface area contributed by atoms with E-state index in [1.165, 1.54) is 23.1 Å². The zero-order valence-corrected chi connectivity index (χ0v) is 26.5. The number of phenolic OH excluding ortho intramolecular Hbond substituents is 2. The van der Waals surface area contributed by atoms with Gasteiger partial charge in [-0.1, -0.05) is 48.5 Å². The number of amides is 3. The molecule has 0 aliphatic carbocycles. The molecule has 9 nitrogen and oxygen atoms in total. The number of aryl methyl sites for hydroxylation is 1. The Labute approximate surface area is 263 Å². The summed E-state index contributed by atoms with van der Waals surface area (Å²) in [5, 5.41) is 27.7. The smallest absolute Gasteiger partial charge is 0.408 e. The molecule has 9 heteroatoms. The van der Waals surface area contributed by atoms with E-state index in [0.717, 1.165) is 10.8 Å². The van der Waals surface area contributed by atoms with Crippen LogP contribution in [0, 0.1) is 6.92 Å². The summed E-state index contributed by atoms with van der Waals surface area (Å²) in [5.41, 5.74) is 1.47. The third-order valence-electron chi connectivity index (χ3n) is 7.26. The van der Waals surface area contributed by atoms with Gasteiger partial charge in [0.25, 0.3) is 5.91 Å². The predicted molar refractivity (Wildman–Crippen MR) is 175 cm³/mol. The van der Waals surface area contributed by atoms with Crippen molar-refractivity contribution in [2.45, 2.75) is 71.7 Å². The van der Waals surface area contributed by atoms with Gasteiger partial charge in [0.1, 0.15) is 29.2 Å². The maximum absolute atomic E-state index is 14.5. The predicted octanol–water partition coefficient (Wildman–Crippen LogP) is 6.61. The Balaban J connectivity index is 1.76. The van der Waals surface area contributed by atoms with Crippen molar-refractivity contribution in [3.8, 4) is 11.5 Å². The molecule has 0 bridgehead atoms. The number of nitrogens with zero attached hydrogens (tertiary/aromatic N) is 1. The van der Waals surface area contributed by atoms with E-state index in [-0.39, 0.29) is 17.9 Å². The van der Waals surface area contributed by atoms with Crippen LogP contribution in [-0.2, 0) is 20.7 Å². The fourth-order valence-corrected chi connectivity index (χ4v) is 5.14. The highest BCUT2D eigenvalue weighted by molar-refractivity contribution is 6.00. The summed E-state index contributed by atoms with van der Waals surface area (Å²) in [6, 6.07) is 21.8. The van der Waals surface area contributed by atoms with Gasteiger partial charge < -0.3 is 30.5 Å². The van der Waals surface area contributed by atoms with Crippen molar-refractivity contribution in [1.29, 1.82) is 0 Å². The maximum Gasteiger partial charge on any atom is 0.408 e. The number of nitrogens with one attached hydrogen (secondary N) is 2. The van der Waals surface area contributed by atoms with Crippen LogP contribution in [0.4, 0.5) is 10.5 Å². The zero-order chi connectivity index (χ0) is 32.9. The van der Waals surface area contributed by atoms with E-state index in [0.29, 0.717) is 22.4 Å². The van der Waals surface area contributed by atoms with E-state index >= 15 is 0 Å². The number of rotatable bonds is 9. The number of hydrogen-bond donors (Lipinski definition) is 4. The third-order valence-corrected chi connectivity index (χ3v) is 7.26. The number of fused-ring (bicyclic) bond motifs is 1. The van der Waals surface area contributed by atoms with E-state index in [9.17, 15) is 24.6 Å². The Bertz CT molecular complexity index is 1680. The quantitative estimate of drug-likeness (QED) is 0.169. The van der Waals surface area contributed by atoms with Crippen molar-refractivity contribution >= 4 is 34.4 Å². The molecule has 0 fully saturated rings. The summed E-state index contributed by atoms with van der Waals surface area (Å²) in [7, 11) is 0. The molecule has 0 aliphatic rings. The molecule has 4 N–H and O–H groups in total. The average molecular weight is 612 g/mol. The second kappa shape index (κ2) is 13.7. The molecule has 0 saturated heterocycles. The fraction of sp³-hybridized carbons (Fsp3) is 0.306. The Kier molecular flexibility index (Phi) is 10.0. The molecule has 2 atom stereocenters. The summed E-state index contributed by atoms with van der Waals surface area (Å²) in [6.45, 7) is 10.5. The van der Waals surface area contributed by atoms with Crippen LogP contribution < -0.4 is 10.6 Å². The molecule has 2 unspecified atom stereocenters. The SMILES string of the molecule is Cc1cc(C(C(=O)Nc2ccc3ccccc3c2)N(C(=O)C(Cc2ccc(O)cc2)NC(=O)OC(C)(C)C)C(C)C)ccc1O. The van der Waals surface area contributed by atoms with Crippen molar-refractivity contribution in [2.75, 3.05) is 5.32 Å². The molecule has 236 valence electrons. The van der Waals surface area contributed by atoms with Crippen LogP contribution in [-0.4, -0.2) is 50.7 Å². The summed E-state index contributed by atoms with van der Waals surface area (Å²) in [4.78, 5) is 43.2. The number of aromatic hydroxyl groups is 2. The van der Waals surface area contributed by atoms with Crippen molar-refractivity contribution in [1.82, 2.24) is 10.2 Å². The molecule has 4 rings (SSSR count). The number of ether oxygens (including phenoxy) is 1. The molecule has 4 aromatic rings. The molecule has 0 aromatic heterocycles. The molecule has 4 aromatic carbocycles. The first-order valence-electron chi connectivity index (χ1n) is 14.9. The van der Waals surface area contributed by atoms with Crippen molar-refractivity contribution in [3.63, 3.8) is 0 Å². The van der Waals surface area contributed by atoms with Crippen LogP contribution in [0.1, 0.15) is 57.4 Å². The van der Waals surface area contributed by atoms with E-state index in [2.05, 4.69) is 10.6 Å². The molecule has 0 spiro atoms. The number of alkyl carbamates (subject to hydrolysis) is 1. The van der Waals surface area contributed by atoms with Gasteiger partial charge in [0.05, 0.1) is 0 Å². The molecule has 0 saturated carbocycles. The van der Waals surface area contributed by atoms with Crippen LogP contribution in [0.15, 0.2) is 84.9 Å². The van der Waals surface area contributed by atoms with Crippen molar-refractivity contribution < 1.29 is 29.3 Å². The topological polar surface area (TPSA) is 128 Å². The summed E-state index contributed by atoms with van der Waals surface area (Å²) in [5.74, 6) is -0.836. The highest BCUT2D eigenvalue weighted by Gasteiger charge is 2.38. The highest BCUT2D eigenvalue weighted by Crippen LogP contribution is 2.30. The second-order valence-corrected chi connectivity index (χ2v) is 12.4. The van der Waals surface area contributed by atoms with Gasteiger partial charge in [0.15, 0.2) is 0 Å². The molecule has 0 heterocycles. The number of carbonyl (C=O) groups excluding carboxylic acids is 3. The second-order valence-electron chi connectivity index (χ2n) is 12.4. The van der Waals surface area contributed by atoms with Gasteiger partial charge in [0, 0.05) is 18.2 Å². The number of benzene rings is 4. The Hall–Kier alpha value is -5.05. The van der Waals surface area contributed by atoms with Crippen LogP contribution in [0.5, 0.6) is 11.5 Å². The third kappa shape index (κ3) is 8.53. The summed E-state index contributed by atoms with van der Waals surface area (Å²) in [6.07, 6.45) is -0.698. The summed E-state index contributed by atoms with van der Waals surface area (Å²) < 4.78 is 5.48. The minimum atomic E-state index is -1.12. The fourth-order valence-electron chi connectivity index (χ4n) is 5.14. The van der Waals surface area contributed by atoms with Crippen LogP contribution in [0.3, 0.4) is 0 Å². The van der Waals surface area contributed by atoms with E-state index in [1.807, 2.05) is 36.4 Å². The average Bonchev–Trinajstić information content (AvgIpc) is 2.96. The maximum atomic E-state index is 14.5. The monoisotopic (exact) mass is 611 g/mol. The molecule has 45 heavy (non-hydrogen) atoms. The first kappa shape index (κ1) is 32.9. The Morgan fingerprint density at radius 3 is 2.16 bits per heavy atom. The minimum Gasteiger partial charge on any atom is -0.508 e. The first-order valence-corrected chi connectivity index (χ1v) is 14.9. The zero-order valence-electron chi connectivity index (χ0n) is 26.5. The number of anilines is 1. The van der Waals surface area contributed by atoms with Crippen LogP contribution in [0.2, 0.25) is 0 Å². The molecule has 3 amide bonds. The van der Waals surface area contributed by atoms with Crippen molar-refractivity contribution in [3.05, 3.63) is 102 Å². The molecular weight excluding hydrogens is 570 g/mol. The van der Waals surface area contributed by atoms with Gasteiger partial charge in [-0.3, -0.25) is 9.59 Å². The van der Waals surface area contributed by atoms with Crippen molar-refractivity contribution in [2.24, 2.45) is 0 Å². The normalized spacial score (nSPS) is 12.8. The van der Waals surface area contributed by atoms with Gasteiger partial charge in [-0.25, -0.2) is 4.79 Å².